The molecular formula is C18H26N2O5S. The summed E-state index contributed by atoms with van der Waals surface area (Å²) in [5, 5.41) is 2.97. The van der Waals surface area contributed by atoms with Gasteiger partial charge in [0, 0.05) is 19.0 Å². The normalized spacial score (nSPS) is 15.3. The highest BCUT2D eigenvalue weighted by Crippen LogP contribution is 2.24. The standard InChI is InChI=1S/C18H26N2O5S/c1-25-18(22)15-10-6-7-11-16(15)20(26(2,23)24)13-12-17(21)19-14-8-4-3-5-9-14/h6-7,10-11,14H,3-5,8-9,12-13H2,1-2H3,(H,19,21). The van der Waals surface area contributed by atoms with Gasteiger partial charge in [-0.3, -0.25) is 9.10 Å². The van der Waals surface area contributed by atoms with Gasteiger partial charge in [0.25, 0.3) is 0 Å². The molecule has 1 amide bonds. The molecule has 0 aromatic heterocycles. The van der Waals surface area contributed by atoms with Crippen molar-refractivity contribution in [2.45, 2.75) is 44.6 Å². The van der Waals surface area contributed by atoms with Crippen LogP contribution >= 0.6 is 0 Å². The molecule has 0 bridgehead atoms. The first-order valence-electron chi connectivity index (χ1n) is 8.77. The molecular weight excluding hydrogens is 356 g/mol. The van der Waals surface area contributed by atoms with Gasteiger partial charge in [-0.1, -0.05) is 31.4 Å². The van der Waals surface area contributed by atoms with E-state index in [9.17, 15) is 18.0 Å². The number of carbonyl (C=O) groups excluding carboxylic acids is 2. The second kappa shape index (κ2) is 9.02. The molecule has 0 atom stereocenters. The number of methoxy groups -OCH3 is 1. The number of nitrogens with one attached hydrogen (secondary N) is 1. The summed E-state index contributed by atoms with van der Waals surface area (Å²) in [6.45, 7) is -0.0363. The van der Waals surface area contributed by atoms with Crippen LogP contribution in [0.15, 0.2) is 24.3 Å². The van der Waals surface area contributed by atoms with Crippen molar-refractivity contribution >= 4 is 27.6 Å². The van der Waals surface area contributed by atoms with Crippen LogP contribution in [-0.4, -0.2) is 46.2 Å². The monoisotopic (exact) mass is 382 g/mol. The van der Waals surface area contributed by atoms with E-state index in [4.69, 9.17) is 4.74 Å². The molecule has 8 heteroatoms. The van der Waals surface area contributed by atoms with Crippen LogP contribution < -0.4 is 9.62 Å². The first-order chi connectivity index (χ1) is 12.3. The molecule has 1 fully saturated rings. The number of carbonyl (C=O) groups is 2. The lowest BCUT2D eigenvalue weighted by molar-refractivity contribution is -0.121. The quantitative estimate of drug-likeness (QED) is 0.729. The third kappa shape index (κ3) is 5.45. The summed E-state index contributed by atoms with van der Waals surface area (Å²) in [6.07, 6.45) is 6.41. The van der Waals surface area contributed by atoms with E-state index in [1.807, 2.05) is 0 Å². The average Bonchev–Trinajstić information content (AvgIpc) is 2.61. The maximum absolute atomic E-state index is 12.2. The highest BCUT2D eigenvalue weighted by molar-refractivity contribution is 7.92. The van der Waals surface area contributed by atoms with Crippen molar-refractivity contribution in [2.75, 3.05) is 24.2 Å². The molecule has 0 radical (unpaired) electrons. The van der Waals surface area contributed by atoms with Crippen molar-refractivity contribution in [2.24, 2.45) is 0 Å². The molecule has 1 aliphatic rings. The Bertz CT molecular complexity index is 742. The van der Waals surface area contributed by atoms with Gasteiger partial charge in [-0.05, 0) is 25.0 Å². The number of hydrogen-bond donors (Lipinski definition) is 1. The van der Waals surface area contributed by atoms with Crippen molar-refractivity contribution in [3.63, 3.8) is 0 Å². The smallest absolute Gasteiger partial charge is 0.340 e. The Morgan fingerprint density at radius 1 is 1.19 bits per heavy atom. The number of rotatable bonds is 7. The summed E-state index contributed by atoms with van der Waals surface area (Å²) in [7, 11) is -2.43. The first-order valence-corrected chi connectivity index (χ1v) is 10.6. The van der Waals surface area contributed by atoms with Crippen molar-refractivity contribution in [3.8, 4) is 0 Å². The number of para-hydroxylation sites is 1. The summed E-state index contributed by atoms with van der Waals surface area (Å²) in [5.74, 6) is -0.804. The van der Waals surface area contributed by atoms with Gasteiger partial charge in [0.05, 0.1) is 24.6 Å². The van der Waals surface area contributed by atoms with E-state index < -0.39 is 16.0 Å². The van der Waals surface area contributed by atoms with Crippen molar-refractivity contribution in [1.82, 2.24) is 5.32 Å². The summed E-state index contributed by atoms with van der Waals surface area (Å²) in [5.41, 5.74) is 0.362. The van der Waals surface area contributed by atoms with Crippen LogP contribution in [0, 0.1) is 0 Å². The number of sulfonamides is 1. The minimum Gasteiger partial charge on any atom is -0.465 e. The molecule has 0 unspecified atom stereocenters. The minimum atomic E-state index is -3.67. The van der Waals surface area contributed by atoms with E-state index in [1.165, 1.54) is 25.7 Å². The number of hydrogen-bond acceptors (Lipinski definition) is 5. The van der Waals surface area contributed by atoms with Crippen LogP contribution in [0.2, 0.25) is 0 Å². The van der Waals surface area contributed by atoms with E-state index in [-0.39, 0.29) is 36.2 Å². The third-order valence-corrected chi connectivity index (χ3v) is 5.67. The average molecular weight is 382 g/mol. The lowest BCUT2D eigenvalue weighted by Gasteiger charge is -2.26. The molecule has 0 heterocycles. The van der Waals surface area contributed by atoms with Crippen LogP contribution in [0.5, 0.6) is 0 Å². The Kier molecular flexibility index (Phi) is 7.02. The fraction of sp³-hybridized carbons (Fsp3) is 0.556. The Morgan fingerprint density at radius 2 is 1.85 bits per heavy atom. The van der Waals surface area contributed by atoms with E-state index >= 15 is 0 Å². The summed E-state index contributed by atoms with van der Waals surface area (Å²) in [4.78, 5) is 24.2. The van der Waals surface area contributed by atoms with Gasteiger partial charge in [-0.15, -0.1) is 0 Å². The molecule has 1 aromatic rings. The Morgan fingerprint density at radius 3 is 2.46 bits per heavy atom. The van der Waals surface area contributed by atoms with Crippen LogP contribution in [0.1, 0.15) is 48.9 Å². The fourth-order valence-corrected chi connectivity index (χ4v) is 4.13. The maximum Gasteiger partial charge on any atom is 0.340 e. The van der Waals surface area contributed by atoms with Gasteiger partial charge in [-0.25, -0.2) is 13.2 Å². The minimum absolute atomic E-state index is 0.0269. The molecule has 1 aromatic carbocycles. The first kappa shape index (κ1) is 20.2. The molecule has 0 saturated heterocycles. The molecule has 26 heavy (non-hydrogen) atoms. The van der Waals surface area contributed by atoms with Crippen molar-refractivity contribution < 1.29 is 22.7 Å². The SMILES string of the molecule is COC(=O)c1ccccc1N(CCC(=O)NC1CCCCC1)S(C)(=O)=O. The highest BCUT2D eigenvalue weighted by atomic mass is 32.2. The van der Waals surface area contributed by atoms with Gasteiger partial charge in [0.1, 0.15) is 0 Å². The van der Waals surface area contributed by atoms with E-state index in [0.29, 0.717) is 0 Å². The highest BCUT2D eigenvalue weighted by Gasteiger charge is 2.24. The zero-order valence-electron chi connectivity index (χ0n) is 15.2. The predicted molar refractivity (Wildman–Crippen MR) is 99.6 cm³/mol. The fourth-order valence-electron chi connectivity index (χ4n) is 3.19. The molecule has 1 N–H and O–H groups in total. The molecule has 1 saturated carbocycles. The number of anilines is 1. The largest absolute Gasteiger partial charge is 0.465 e. The molecule has 0 spiro atoms. The van der Waals surface area contributed by atoms with Gasteiger partial charge in [-0.2, -0.15) is 0 Å². The van der Waals surface area contributed by atoms with Gasteiger partial charge in [0.2, 0.25) is 15.9 Å². The van der Waals surface area contributed by atoms with Gasteiger partial charge >= 0.3 is 5.97 Å². The lowest BCUT2D eigenvalue weighted by atomic mass is 9.95. The summed E-state index contributed by atoms with van der Waals surface area (Å²) < 4.78 is 30.3. The Hall–Kier alpha value is -2.09. The zero-order valence-corrected chi connectivity index (χ0v) is 16.0. The van der Waals surface area contributed by atoms with Crippen LogP contribution in [-0.2, 0) is 19.6 Å². The molecule has 2 rings (SSSR count). The second-order valence-electron chi connectivity index (χ2n) is 6.50. The van der Waals surface area contributed by atoms with Crippen molar-refractivity contribution in [3.05, 3.63) is 29.8 Å². The third-order valence-electron chi connectivity index (χ3n) is 4.49. The summed E-state index contributed by atoms with van der Waals surface area (Å²) >= 11 is 0. The predicted octanol–water partition coefficient (Wildman–Crippen LogP) is 2.08. The molecule has 1 aliphatic carbocycles. The number of amides is 1. The summed E-state index contributed by atoms with van der Waals surface area (Å²) in [6, 6.07) is 6.48. The molecule has 144 valence electrons. The van der Waals surface area contributed by atoms with Gasteiger partial charge in [0.15, 0.2) is 0 Å². The van der Waals surface area contributed by atoms with E-state index in [1.54, 1.807) is 12.1 Å². The number of ether oxygens (including phenoxy) is 1. The van der Waals surface area contributed by atoms with Crippen LogP contribution in [0.4, 0.5) is 5.69 Å². The topological polar surface area (TPSA) is 92.8 Å². The molecule has 7 nitrogen and oxygen atoms in total. The van der Waals surface area contributed by atoms with Crippen molar-refractivity contribution in [1.29, 1.82) is 0 Å². The lowest BCUT2D eigenvalue weighted by Crippen LogP contribution is -2.39. The molecule has 0 aliphatic heterocycles. The van der Waals surface area contributed by atoms with E-state index in [0.717, 1.165) is 36.2 Å². The van der Waals surface area contributed by atoms with Gasteiger partial charge < -0.3 is 10.1 Å². The van der Waals surface area contributed by atoms with E-state index in [2.05, 4.69) is 5.32 Å². The van der Waals surface area contributed by atoms with Crippen LogP contribution in [0.25, 0.3) is 0 Å². The second-order valence-corrected chi connectivity index (χ2v) is 8.40. The Labute approximate surface area is 154 Å². The van der Waals surface area contributed by atoms with Crippen LogP contribution in [0.3, 0.4) is 0 Å². The number of benzene rings is 1. The Balaban J connectivity index is 2.12. The maximum atomic E-state index is 12.2. The number of esters is 1. The number of nitrogens with zero attached hydrogens (tertiary/aromatic N) is 1. The zero-order chi connectivity index (χ0) is 19.2.